The van der Waals surface area contributed by atoms with Gasteiger partial charge in [-0.2, -0.15) is 13.2 Å². The number of carbonyl (C=O) groups is 3. The molecule has 1 aromatic heterocycles. The van der Waals surface area contributed by atoms with Crippen molar-refractivity contribution in [1.29, 1.82) is 0 Å². The van der Waals surface area contributed by atoms with Gasteiger partial charge in [-0.15, -0.1) is 0 Å². The second-order valence-corrected chi connectivity index (χ2v) is 4.05. The molecular weight excluding hydrogens is 353 g/mol. The predicted octanol–water partition coefficient (Wildman–Crippen LogP) is 2.65. The van der Waals surface area contributed by atoms with Crippen LogP contribution in [0.2, 0.25) is 0 Å². The molecule has 1 rings (SSSR count). The number of pyridine rings is 1. The summed E-state index contributed by atoms with van der Waals surface area (Å²) in [6.45, 7) is 2.91. The monoisotopic (exact) mass is 366 g/mol. The lowest BCUT2D eigenvalue weighted by Crippen LogP contribution is -2.30. The van der Waals surface area contributed by atoms with Crippen LogP contribution in [-0.4, -0.2) is 42.6 Å². The molecule has 0 fully saturated rings. The van der Waals surface area contributed by atoms with E-state index in [0.29, 0.717) is 0 Å². The first-order valence-corrected chi connectivity index (χ1v) is 6.74. The van der Waals surface area contributed by atoms with Gasteiger partial charge in [0.25, 0.3) is 5.88 Å². The van der Waals surface area contributed by atoms with Gasteiger partial charge < -0.3 is 24.3 Å². The summed E-state index contributed by atoms with van der Waals surface area (Å²) in [6.07, 6.45) is -6.79. The fraction of sp³-hybridized carbons (Fsp3) is 0.385. The van der Waals surface area contributed by atoms with Crippen molar-refractivity contribution >= 4 is 23.9 Å². The standard InChI is InChI=1S/C13H13F3N2O7/c1-3-22-11(20)24-8-5-7(18-10(19)13(14,15)16)6-17-9(8)25-12(21)23-4-2/h5-6H,3-4H2,1-2H3,(H,18,19). The lowest BCUT2D eigenvalue weighted by molar-refractivity contribution is -0.167. The predicted molar refractivity (Wildman–Crippen MR) is 74.2 cm³/mol. The van der Waals surface area contributed by atoms with Crippen LogP contribution in [-0.2, 0) is 14.3 Å². The van der Waals surface area contributed by atoms with Gasteiger partial charge in [-0.25, -0.2) is 14.6 Å². The van der Waals surface area contributed by atoms with Crippen LogP contribution < -0.4 is 14.8 Å². The minimum atomic E-state index is -5.14. The Hall–Kier alpha value is -3.05. The van der Waals surface area contributed by atoms with Gasteiger partial charge in [0.05, 0.1) is 25.1 Å². The van der Waals surface area contributed by atoms with Crippen molar-refractivity contribution in [3.05, 3.63) is 12.3 Å². The summed E-state index contributed by atoms with van der Waals surface area (Å²) in [4.78, 5) is 37.1. The Kier molecular flexibility index (Phi) is 6.96. The van der Waals surface area contributed by atoms with Crippen molar-refractivity contribution < 1.29 is 46.5 Å². The summed E-state index contributed by atoms with van der Waals surface area (Å²) in [7, 11) is 0. The van der Waals surface area contributed by atoms with Crippen LogP contribution in [0.5, 0.6) is 11.6 Å². The van der Waals surface area contributed by atoms with Crippen molar-refractivity contribution in [2.24, 2.45) is 0 Å². The molecule has 0 aromatic carbocycles. The van der Waals surface area contributed by atoms with Gasteiger partial charge in [0, 0.05) is 6.07 Å². The summed E-state index contributed by atoms with van der Waals surface area (Å²) in [5, 5.41) is 1.50. The van der Waals surface area contributed by atoms with E-state index >= 15 is 0 Å². The van der Waals surface area contributed by atoms with Gasteiger partial charge in [-0.1, -0.05) is 0 Å². The molecular formula is C13H13F3N2O7. The van der Waals surface area contributed by atoms with Crippen molar-refractivity contribution in [3.8, 4) is 11.6 Å². The molecule has 0 saturated heterocycles. The highest BCUT2D eigenvalue weighted by Crippen LogP contribution is 2.29. The van der Waals surface area contributed by atoms with E-state index in [1.54, 1.807) is 0 Å². The van der Waals surface area contributed by atoms with E-state index in [1.807, 2.05) is 0 Å². The summed E-state index contributed by atoms with van der Waals surface area (Å²) in [5.74, 6) is -3.40. The number of nitrogens with zero attached hydrogens (tertiary/aromatic N) is 1. The van der Waals surface area contributed by atoms with Crippen LogP contribution in [0.25, 0.3) is 0 Å². The summed E-state index contributed by atoms with van der Waals surface area (Å²) in [5.41, 5.74) is -0.460. The van der Waals surface area contributed by atoms with Gasteiger partial charge in [-0.05, 0) is 13.8 Å². The molecule has 1 amide bonds. The van der Waals surface area contributed by atoms with E-state index in [-0.39, 0.29) is 13.2 Å². The number of hydrogen-bond acceptors (Lipinski definition) is 8. The SMILES string of the molecule is CCOC(=O)Oc1cc(NC(=O)C(F)(F)F)cnc1OC(=O)OCC. The second kappa shape index (κ2) is 8.70. The lowest BCUT2D eigenvalue weighted by Gasteiger charge is -2.12. The van der Waals surface area contributed by atoms with Gasteiger partial charge in [0.2, 0.25) is 0 Å². The Balaban J connectivity index is 3.05. The Bertz CT molecular complexity index is 649. The largest absolute Gasteiger partial charge is 0.515 e. The molecule has 12 heteroatoms. The Labute approximate surface area is 139 Å². The average Bonchev–Trinajstić information content (AvgIpc) is 2.49. The van der Waals surface area contributed by atoms with Crippen molar-refractivity contribution in [1.82, 2.24) is 4.98 Å². The number of aromatic nitrogens is 1. The van der Waals surface area contributed by atoms with E-state index in [4.69, 9.17) is 0 Å². The van der Waals surface area contributed by atoms with Crippen molar-refractivity contribution in [2.75, 3.05) is 18.5 Å². The van der Waals surface area contributed by atoms with E-state index in [2.05, 4.69) is 23.9 Å². The number of carbonyl (C=O) groups excluding carboxylic acids is 3. The molecule has 0 bridgehead atoms. The first-order chi connectivity index (χ1) is 11.7. The van der Waals surface area contributed by atoms with Gasteiger partial charge >= 0.3 is 24.4 Å². The summed E-state index contributed by atoms with van der Waals surface area (Å²) < 4.78 is 55.1. The Morgan fingerprint density at radius 1 is 1.08 bits per heavy atom. The number of halogens is 3. The van der Waals surface area contributed by atoms with Gasteiger partial charge in [0.1, 0.15) is 0 Å². The van der Waals surface area contributed by atoms with Crippen LogP contribution in [0.15, 0.2) is 12.3 Å². The topological polar surface area (TPSA) is 113 Å². The lowest BCUT2D eigenvalue weighted by atomic mass is 10.3. The van der Waals surface area contributed by atoms with Crippen LogP contribution in [0.4, 0.5) is 28.4 Å². The zero-order chi connectivity index (χ0) is 19.0. The summed E-state index contributed by atoms with van der Waals surface area (Å²) in [6, 6.07) is 0.794. The smallest absolute Gasteiger partial charge is 0.434 e. The quantitative estimate of drug-likeness (QED) is 0.792. The molecule has 0 unspecified atom stereocenters. The first kappa shape index (κ1) is 20.0. The molecule has 1 N–H and O–H groups in total. The molecule has 0 saturated carbocycles. The number of anilines is 1. The van der Waals surface area contributed by atoms with Crippen molar-refractivity contribution in [2.45, 2.75) is 20.0 Å². The van der Waals surface area contributed by atoms with Crippen LogP contribution in [0, 0.1) is 0 Å². The maximum Gasteiger partial charge on any atom is 0.515 e. The van der Waals surface area contributed by atoms with Crippen molar-refractivity contribution in [3.63, 3.8) is 0 Å². The molecule has 0 atom stereocenters. The van der Waals surface area contributed by atoms with E-state index in [0.717, 1.165) is 12.3 Å². The van der Waals surface area contributed by atoms with Crippen LogP contribution in [0.1, 0.15) is 13.8 Å². The number of nitrogens with one attached hydrogen (secondary N) is 1. The fourth-order valence-electron chi connectivity index (χ4n) is 1.32. The second-order valence-electron chi connectivity index (χ2n) is 4.05. The molecule has 0 radical (unpaired) electrons. The summed E-state index contributed by atoms with van der Waals surface area (Å²) >= 11 is 0. The molecule has 1 aromatic rings. The fourth-order valence-corrected chi connectivity index (χ4v) is 1.32. The normalized spacial score (nSPS) is 10.6. The number of hydrogen-bond donors (Lipinski definition) is 1. The van der Waals surface area contributed by atoms with E-state index in [9.17, 15) is 27.6 Å². The van der Waals surface area contributed by atoms with Crippen LogP contribution >= 0.6 is 0 Å². The zero-order valence-corrected chi connectivity index (χ0v) is 13.0. The maximum atomic E-state index is 12.3. The molecule has 0 aliphatic carbocycles. The highest BCUT2D eigenvalue weighted by Gasteiger charge is 2.38. The third kappa shape index (κ3) is 6.53. The zero-order valence-electron chi connectivity index (χ0n) is 13.0. The average molecular weight is 366 g/mol. The molecule has 0 spiro atoms. The molecule has 25 heavy (non-hydrogen) atoms. The molecule has 0 aliphatic rings. The maximum absolute atomic E-state index is 12.3. The van der Waals surface area contributed by atoms with E-state index in [1.165, 1.54) is 19.2 Å². The first-order valence-electron chi connectivity index (χ1n) is 6.74. The number of ether oxygens (including phenoxy) is 4. The minimum Gasteiger partial charge on any atom is -0.434 e. The highest BCUT2D eigenvalue weighted by molar-refractivity contribution is 5.95. The third-order valence-electron chi connectivity index (χ3n) is 2.23. The number of amides is 1. The number of alkyl halides is 3. The minimum absolute atomic E-state index is 0.0212. The van der Waals surface area contributed by atoms with Gasteiger partial charge in [-0.3, -0.25) is 4.79 Å². The highest BCUT2D eigenvalue weighted by atomic mass is 19.4. The number of rotatable bonds is 5. The molecule has 0 aliphatic heterocycles. The third-order valence-corrected chi connectivity index (χ3v) is 2.23. The Morgan fingerprint density at radius 3 is 2.16 bits per heavy atom. The molecule has 1 heterocycles. The molecule has 9 nitrogen and oxygen atoms in total. The van der Waals surface area contributed by atoms with E-state index < -0.39 is 41.7 Å². The van der Waals surface area contributed by atoms with Gasteiger partial charge in [0.15, 0.2) is 5.75 Å². The molecule has 138 valence electrons. The Morgan fingerprint density at radius 2 is 1.64 bits per heavy atom. The van der Waals surface area contributed by atoms with Crippen LogP contribution in [0.3, 0.4) is 0 Å².